The van der Waals surface area contributed by atoms with Crippen molar-refractivity contribution in [3.63, 3.8) is 0 Å². The van der Waals surface area contributed by atoms with Crippen molar-refractivity contribution in [1.29, 1.82) is 0 Å². The lowest BCUT2D eigenvalue weighted by Gasteiger charge is -2.14. The summed E-state index contributed by atoms with van der Waals surface area (Å²) >= 11 is 0. The zero-order chi connectivity index (χ0) is 19.1. The van der Waals surface area contributed by atoms with Gasteiger partial charge in [0.1, 0.15) is 0 Å². The summed E-state index contributed by atoms with van der Waals surface area (Å²) in [7, 11) is 0. The summed E-state index contributed by atoms with van der Waals surface area (Å²) in [5.41, 5.74) is 3.29. The van der Waals surface area contributed by atoms with Gasteiger partial charge in [-0.25, -0.2) is 4.79 Å². The standard InChI is InChI=1S/C21H28N2O3/c1-5-15(3)22-20(24)12-13-23-16(4)18(21(25)26-6-2)14-19(23)17-10-8-7-9-11-17/h7-11,14-15H,5-6,12-13H2,1-4H3,(H,22,24)/t15-/m1/s1. The molecule has 0 radical (unpaired) electrons. The fourth-order valence-electron chi connectivity index (χ4n) is 2.86. The third-order valence-electron chi connectivity index (χ3n) is 4.51. The summed E-state index contributed by atoms with van der Waals surface area (Å²) in [5, 5.41) is 2.98. The number of hydrogen-bond acceptors (Lipinski definition) is 3. The molecule has 5 nitrogen and oxygen atoms in total. The van der Waals surface area contributed by atoms with Crippen molar-refractivity contribution in [3.8, 4) is 11.3 Å². The van der Waals surface area contributed by atoms with Gasteiger partial charge in [0.15, 0.2) is 0 Å². The Balaban J connectivity index is 2.30. The molecule has 1 aromatic heterocycles. The molecule has 0 fully saturated rings. The predicted octanol–water partition coefficient (Wildman–Crippen LogP) is 3.95. The molecule has 5 heteroatoms. The molecule has 0 aliphatic heterocycles. The summed E-state index contributed by atoms with van der Waals surface area (Å²) in [6.45, 7) is 8.57. The van der Waals surface area contributed by atoms with Gasteiger partial charge < -0.3 is 14.6 Å². The molecule has 1 aromatic carbocycles. The van der Waals surface area contributed by atoms with Crippen LogP contribution >= 0.6 is 0 Å². The molecule has 1 amide bonds. The van der Waals surface area contributed by atoms with E-state index in [0.29, 0.717) is 25.1 Å². The Bertz CT molecular complexity index is 750. The van der Waals surface area contributed by atoms with Gasteiger partial charge in [-0.15, -0.1) is 0 Å². The van der Waals surface area contributed by atoms with Crippen LogP contribution in [-0.2, 0) is 16.1 Å². The Morgan fingerprint density at radius 3 is 2.50 bits per heavy atom. The van der Waals surface area contributed by atoms with E-state index in [1.807, 2.05) is 61.7 Å². The zero-order valence-corrected chi connectivity index (χ0v) is 16.0. The Morgan fingerprint density at radius 1 is 1.19 bits per heavy atom. The third-order valence-corrected chi connectivity index (χ3v) is 4.51. The average molecular weight is 356 g/mol. The highest BCUT2D eigenvalue weighted by molar-refractivity contribution is 5.92. The lowest BCUT2D eigenvalue weighted by Crippen LogP contribution is -2.32. The van der Waals surface area contributed by atoms with Gasteiger partial charge >= 0.3 is 5.97 Å². The van der Waals surface area contributed by atoms with E-state index in [4.69, 9.17) is 4.74 Å². The normalized spacial score (nSPS) is 11.8. The number of nitrogens with one attached hydrogen (secondary N) is 1. The number of benzene rings is 1. The molecule has 1 heterocycles. The highest BCUT2D eigenvalue weighted by atomic mass is 16.5. The van der Waals surface area contributed by atoms with E-state index in [2.05, 4.69) is 5.32 Å². The molecule has 26 heavy (non-hydrogen) atoms. The third kappa shape index (κ3) is 4.75. The first-order chi connectivity index (χ1) is 12.5. The topological polar surface area (TPSA) is 60.3 Å². The summed E-state index contributed by atoms with van der Waals surface area (Å²) in [6.07, 6.45) is 1.26. The first-order valence-corrected chi connectivity index (χ1v) is 9.19. The van der Waals surface area contributed by atoms with Gasteiger partial charge in [0.05, 0.1) is 12.2 Å². The molecule has 0 aliphatic rings. The maximum Gasteiger partial charge on any atom is 0.339 e. The molecule has 0 spiro atoms. The second-order valence-corrected chi connectivity index (χ2v) is 6.39. The number of aromatic nitrogens is 1. The smallest absolute Gasteiger partial charge is 0.339 e. The predicted molar refractivity (Wildman–Crippen MR) is 103 cm³/mol. The van der Waals surface area contributed by atoms with Gasteiger partial charge in [-0.2, -0.15) is 0 Å². The SMILES string of the molecule is CCOC(=O)c1cc(-c2ccccc2)n(CCC(=O)N[C@H](C)CC)c1C. The quantitative estimate of drug-likeness (QED) is 0.729. The summed E-state index contributed by atoms with van der Waals surface area (Å²) < 4.78 is 7.20. The number of ether oxygens (including phenoxy) is 1. The number of hydrogen-bond donors (Lipinski definition) is 1. The second-order valence-electron chi connectivity index (χ2n) is 6.39. The minimum atomic E-state index is -0.329. The molecule has 2 aromatic rings. The molecule has 2 rings (SSSR count). The molecule has 0 bridgehead atoms. The van der Waals surface area contributed by atoms with Gasteiger partial charge in [0, 0.05) is 30.4 Å². The van der Waals surface area contributed by atoms with Gasteiger partial charge in [0.25, 0.3) is 0 Å². The number of esters is 1. The van der Waals surface area contributed by atoms with Crippen molar-refractivity contribution in [2.75, 3.05) is 6.61 Å². The highest BCUT2D eigenvalue weighted by Crippen LogP contribution is 2.26. The van der Waals surface area contributed by atoms with Gasteiger partial charge in [0.2, 0.25) is 5.91 Å². The molecule has 0 saturated carbocycles. The van der Waals surface area contributed by atoms with Crippen molar-refractivity contribution in [1.82, 2.24) is 9.88 Å². The van der Waals surface area contributed by atoms with Crippen molar-refractivity contribution >= 4 is 11.9 Å². The zero-order valence-electron chi connectivity index (χ0n) is 16.0. The van der Waals surface area contributed by atoms with Crippen molar-refractivity contribution in [3.05, 3.63) is 47.7 Å². The van der Waals surface area contributed by atoms with E-state index in [0.717, 1.165) is 23.4 Å². The number of nitrogens with zero attached hydrogens (tertiary/aromatic N) is 1. The summed E-state index contributed by atoms with van der Waals surface area (Å²) in [6, 6.07) is 11.9. The monoisotopic (exact) mass is 356 g/mol. The minimum Gasteiger partial charge on any atom is -0.462 e. The second kappa shape index (κ2) is 9.22. The van der Waals surface area contributed by atoms with E-state index in [1.165, 1.54) is 0 Å². The van der Waals surface area contributed by atoms with Crippen LogP contribution < -0.4 is 5.32 Å². The lowest BCUT2D eigenvalue weighted by molar-refractivity contribution is -0.121. The lowest BCUT2D eigenvalue weighted by atomic mass is 10.1. The number of amides is 1. The number of carbonyl (C=O) groups is 2. The first-order valence-electron chi connectivity index (χ1n) is 9.19. The maximum absolute atomic E-state index is 12.3. The number of rotatable bonds is 8. The molecular weight excluding hydrogens is 328 g/mol. The highest BCUT2D eigenvalue weighted by Gasteiger charge is 2.20. The minimum absolute atomic E-state index is 0.0177. The van der Waals surface area contributed by atoms with Crippen LogP contribution in [0.2, 0.25) is 0 Å². The van der Waals surface area contributed by atoms with Crippen molar-refractivity contribution in [2.24, 2.45) is 0 Å². The van der Waals surface area contributed by atoms with E-state index in [1.54, 1.807) is 6.92 Å². The molecule has 1 atom stereocenters. The van der Waals surface area contributed by atoms with Crippen LogP contribution in [0.25, 0.3) is 11.3 Å². The fraction of sp³-hybridized carbons (Fsp3) is 0.429. The fourth-order valence-corrected chi connectivity index (χ4v) is 2.86. The van der Waals surface area contributed by atoms with E-state index in [-0.39, 0.29) is 17.9 Å². The van der Waals surface area contributed by atoms with Crippen LogP contribution in [0.1, 0.15) is 49.7 Å². The van der Waals surface area contributed by atoms with E-state index in [9.17, 15) is 9.59 Å². The van der Waals surface area contributed by atoms with Crippen LogP contribution in [0.3, 0.4) is 0 Å². The number of carbonyl (C=O) groups excluding carboxylic acids is 2. The van der Waals surface area contributed by atoms with Crippen LogP contribution in [0.5, 0.6) is 0 Å². The molecule has 1 N–H and O–H groups in total. The maximum atomic E-state index is 12.3. The molecular formula is C21H28N2O3. The molecule has 0 saturated heterocycles. The Labute approximate surface area is 155 Å². The Morgan fingerprint density at radius 2 is 1.88 bits per heavy atom. The largest absolute Gasteiger partial charge is 0.462 e. The molecule has 0 aliphatic carbocycles. The first kappa shape index (κ1) is 19.8. The van der Waals surface area contributed by atoms with Crippen LogP contribution in [-0.4, -0.2) is 29.1 Å². The van der Waals surface area contributed by atoms with Crippen LogP contribution in [0, 0.1) is 6.92 Å². The Hall–Kier alpha value is -2.56. The van der Waals surface area contributed by atoms with Crippen LogP contribution in [0.4, 0.5) is 0 Å². The Kier molecular flexibility index (Phi) is 7.01. The van der Waals surface area contributed by atoms with E-state index >= 15 is 0 Å². The average Bonchev–Trinajstić information content (AvgIpc) is 2.97. The van der Waals surface area contributed by atoms with E-state index < -0.39 is 0 Å². The molecule has 0 unspecified atom stereocenters. The van der Waals surface area contributed by atoms with Gasteiger partial charge in [-0.3, -0.25) is 4.79 Å². The van der Waals surface area contributed by atoms with Gasteiger partial charge in [-0.05, 0) is 38.8 Å². The molecule has 140 valence electrons. The summed E-state index contributed by atoms with van der Waals surface area (Å²) in [4.78, 5) is 24.4. The van der Waals surface area contributed by atoms with Crippen molar-refractivity contribution in [2.45, 2.75) is 53.1 Å². The van der Waals surface area contributed by atoms with Crippen LogP contribution in [0.15, 0.2) is 36.4 Å². The van der Waals surface area contributed by atoms with Crippen molar-refractivity contribution < 1.29 is 14.3 Å². The van der Waals surface area contributed by atoms with Gasteiger partial charge in [-0.1, -0.05) is 37.3 Å². The summed E-state index contributed by atoms with van der Waals surface area (Å²) in [5.74, 6) is -0.311.